The number of hydrogen-bond donors (Lipinski definition) is 2. The first-order valence-electron chi connectivity index (χ1n) is 7.46. The summed E-state index contributed by atoms with van der Waals surface area (Å²) in [5, 5.41) is 12.0. The summed E-state index contributed by atoms with van der Waals surface area (Å²) < 4.78 is 2.11. The second kappa shape index (κ2) is 5.35. The molecule has 0 radical (unpaired) electrons. The van der Waals surface area contributed by atoms with Crippen molar-refractivity contribution in [3.05, 3.63) is 17.1 Å². The Morgan fingerprint density at radius 1 is 1.33 bits per heavy atom. The fourth-order valence-electron chi connectivity index (χ4n) is 3.12. The third-order valence-corrected chi connectivity index (χ3v) is 3.94. The third kappa shape index (κ3) is 2.34. The molecule has 0 aromatic carbocycles. The van der Waals surface area contributed by atoms with Gasteiger partial charge < -0.3 is 15.5 Å². The predicted octanol–water partition coefficient (Wildman–Crippen LogP) is 2.36. The summed E-state index contributed by atoms with van der Waals surface area (Å²) in [6, 6.07) is 0. The molecule has 0 unspecified atom stereocenters. The molecule has 2 heterocycles. The number of aromatic nitrogens is 3. The van der Waals surface area contributed by atoms with Crippen molar-refractivity contribution in [2.24, 2.45) is 11.1 Å². The Morgan fingerprint density at radius 3 is 2.81 bits per heavy atom. The van der Waals surface area contributed by atoms with Crippen LogP contribution in [0.3, 0.4) is 0 Å². The van der Waals surface area contributed by atoms with Crippen LogP contribution in [0.15, 0.2) is 5.16 Å². The third-order valence-electron chi connectivity index (χ3n) is 3.94. The van der Waals surface area contributed by atoms with Gasteiger partial charge >= 0.3 is 0 Å². The maximum atomic E-state index is 8.88. The van der Waals surface area contributed by atoms with E-state index in [4.69, 9.17) is 10.9 Å². The van der Waals surface area contributed by atoms with Gasteiger partial charge in [-0.2, -0.15) is 0 Å². The lowest BCUT2D eigenvalue weighted by Gasteiger charge is -2.18. The zero-order chi connectivity index (χ0) is 15.0. The molecule has 6 heteroatoms. The fourth-order valence-corrected chi connectivity index (χ4v) is 3.12. The van der Waals surface area contributed by atoms with Crippen LogP contribution in [0, 0.1) is 5.92 Å². The Hall–Kier alpha value is -2.11. The average Bonchev–Trinajstić information content (AvgIpc) is 2.79. The molecule has 0 fully saturated rings. The van der Waals surface area contributed by atoms with Gasteiger partial charge in [-0.15, -0.1) is 0 Å². The van der Waals surface area contributed by atoms with Crippen molar-refractivity contribution >= 4 is 23.1 Å². The number of nitrogen functional groups attached to an aromatic ring is 1. The zero-order valence-electron chi connectivity index (χ0n) is 12.5. The van der Waals surface area contributed by atoms with Gasteiger partial charge in [-0.1, -0.05) is 19.0 Å². The standard InChI is InChI=1S/C15H21N5O/c1-9(2)8-20-12(7-17-21)19-13-14(20)10-5-3-4-6-11(10)18-15(13)16/h7,9,21H,3-6,8H2,1-2H3,(H2,16,18)/b17-7+. The zero-order valence-corrected chi connectivity index (χ0v) is 12.5. The molecule has 0 aliphatic heterocycles. The highest BCUT2D eigenvalue weighted by atomic mass is 16.4. The highest BCUT2D eigenvalue weighted by molar-refractivity contribution is 5.93. The smallest absolute Gasteiger partial charge is 0.155 e. The van der Waals surface area contributed by atoms with E-state index in [1.165, 1.54) is 18.2 Å². The van der Waals surface area contributed by atoms with Gasteiger partial charge in [0, 0.05) is 12.2 Å². The SMILES string of the molecule is CC(C)Cn1c(/C=N/O)nc2c(N)nc3c(c21)CCCC3. The van der Waals surface area contributed by atoms with Crippen LogP contribution in [-0.2, 0) is 19.4 Å². The second-order valence-electron chi connectivity index (χ2n) is 6.05. The molecule has 3 rings (SSSR count). The van der Waals surface area contributed by atoms with Crippen molar-refractivity contribution < 1.29 is 5.21 Å². The van der Waals surface area contributed by atoms with E-state index >= 15 is 0 Å². The summed E-state index contributed by atoms with van der Waals surface area (Å²) in [7, 11) is 0. The molecule has 0 bridgehead atoms. The summed E-state index contributed by atoms with van der Waals surface area (Å²) >= 11 is 0. The van der Waals surface area contributed by atoms with Gasteiger partial charge in [0.1, 0.15) is 11.7 Å². The molecule has 1 aliphatic rings. The molecule has 6 nitrogen and oxygen atoms in total. The van der Waals surface area contributed by atoms with Gasteiger partial charge in [0.25, 0.3) is 0 Å². The van der Waals surface area contributed by atoms with E-state index in [1.54, 1.807) is 0 Å². The summed E-state index contributed by atoms with van der Waals surface area (Å²) in [6.07, 6.45) is 5.69. The molecule has 2 aromatic heterocycles. The molecule has 3 N–H and O–H groups in total. The lowest BCUT2D eigenvalue weighted by atomic mass is 9.94. The lowest BCUT2D eigenvalue weighted by Crippen LogP contribution is -2.13. The topological polar surface area (TPSA) is 89.3 Å². The van der Waals surface area contributed by atoms with Crippen molar-refractivity contribution in [2.45, 2.75) is 46.1 Å². The van der Waals surface area contributed by atoms with Crippen molar-refractivity contribution in [3.8, 4) is 0 Å². The normalized spacial score (nSPS) is 15.2. The van der Waals surface area contributed by atoms with Crippen LogP contribution in [0.5, 0.6) is 0 Å². The number of hydrogen-bond acceptors (Lipinski definition) is 5. The van der Waals surface area contributed by atoms with Crippen LogP contribution in [-0.4, -0.2) is 26.0 Å². The number of nitrogens with two attached hydrogens (primary N) is 1. The number of pyridine rings is 1. The number of fused-ring (bicyclic) bond motifs is 3. The van der Waals surface area contributed by atoms with Gasteiger partial charge in [0.2, 0.25) is 0 Å². The number of nitrogens with zero attached hydrogens (tertiary/aromatic N) is 4. The quantitative estimate of drug-likeness (QED) is 0.515. The number of rotatable bonds is 3. The maximum absolute atomic E-state index is 8.88. The fraction of sp³-hybridized carbons (Fsp3) is 0.533. The minimum atomic E-state index is 0.460. The van der Waals surface area contributed by atoms with E-state index in [2.05, 4.69) is 33.5 Å². The van der Waals surface area contributed by atoms with Gasteiger partial charge in [-0.25, -0.2) is 9.97 Å². The molecule has 2 aromatic rings. The van der Waals surface area contributed by atoms with E-state index in [1.807, 2.05) is 0 Å². The number of anilines is 1. The van der Waals surface area contributed by atoms with Crippen molar-refractivity contribution in [1.29, 1.82) is 0 Å². The van der Waals surface area contributed by atoms with Crippen molar-refractivity contribution in [3.63, 3.8) is 0 Å². The first-order valence-corrected chi connectivity index (χ1v) is 7.46. The Balaban J connectivity index is 2.32. The summed E-state index contributed by atoms with van der Waals surface area (Å²) in [4.78, 5) is 9.06. The highest BCUT2D eigenvalue weighted by Crippen LogP contribution is 2.31. The first kappa shape index (κ1) is 13.9. The van der Waals surface area contributed by atoms with Crippen LogP contribution >= 0.6 is 0 Å². The van der Waals surface area contributed by atoms with E-state index in [0.717, 1.165) is 42.5 Å². The second-order valence-corrected chi connectivity index (χ2v) is 6.05. The Kier molecular flexibility index (Phi) is 3.53. The number of imidazole rings is 1. The lowest BCUT2D eigenvalue weighted by molar-refractivity contribution is 0.321. The van der Waals surface area contributed by atoms with Crippen LogP contribution in [0.4, 0.5) is 5.82 Å². The predicted molar refractivity (Wildman–Crippen MR) is 82.8 cm³/mol. The Labute approximate surface area is 123 Å². The Morgan fingerprint density at radius 2 is 2.10 bits per heavy atom. The minimum Gasteiger partial charge on any atom is -0.411 e. The molecular formula is C15H21N5O. The van der Waals surface area contributed by atoms with E-state index in [-0.39, 0.29) is 0 Å². The van der Waals surface area contributed by atoms with Gasteiger partial charge in [0.15, 0.2) is 11.6 Å². The molecule has 1 aliphatic carbocycles. The molecule has 0 spiro atoms. The van der Waals surface area contributed by atoms with Crippen LogP contribution in [0.25, 0.3) is 11.0 Å². The molecule has 0 amide bonds. The summed E-state index contributed by atoms with van der Waals surface area (Å²) in [5.41, 5.74) is 10.3. The maximum Gasteiger partial charge on any atom is 0.155 e. The number of aryl methyl sites for hydroxylation is 2. The molecule has 21 heavy (non-hydrogen) atoms. The van der Waals surface area contributed by atoms with Gasteiger partial charge in [-0.3, -0.25) is 0 Å². The van der Waals surface area contributed by atoms with Gasteiger partial charge in [-0.05, 0) is 37.2 Å². The van der Waals surface area contributed by atoms with Crippen molar-refractivity contribution in [2.75, 3.05) is 5.73 Å². The van der Waals surface area contributed by atoms with E-state index in [0.29, 0.717) is 17.6 Å². The van der Waals surface area contributed by atoms with Crippen LogP contribution in [0.2, 0.25) is 0 Å². The summed E-state index contributed by atoms with van der Waals surface area (Å²) in [6.45, 7) is 5.12. The van der Waals surface area contributed by atoms with Crippen molar-refractivity contribution in [1.82, 2.24) is 14.5 Å². The first-order chi connectivity index (χ1) is 10.1. The molecular weight excluding hydrogens is 266 g/mol. The van der Waals surface area contributed by atoms with Crippen LogP contribution < -0.4 is 5.73 Å². The van der Waals surface area contributed by atoms with Crippen LogP contribution in [0.1, 0.15) is 43.8 Å². The van der Waals surface area contributed by atoms with Gasteiger partial charge in [0.05, 0.1) is 5.52 Å². The molecule has 112 valence electrons. The Bertz CT molecular complexity index is 702. The monoisotopic (exact) mass is 287 g/mol. The van der Waals surface area contributed by atoms with E-state index < -0.39 is 0 Å². The molecule has 0 saturated carbocycles. The average molecular weight is 287 g/mol. The summed E-state index contributed by atoms with van der Waals surface area (Å²) in [5.74, 6) is 1.57. The molecule has 0 saturated heterocycles. The van der Waals surface area contributed by atoms with E-state index in [9.17, 15) is 0 Å². The highest BCUT2D eigenvalue weighted by Gasteiger charge is 2.22. The number of oxime groups is 1. The molecule has 0 atom stereocenters. The largest absolute Gasteiger partial charge is 0.411 e. The minimum absolute atomic E-state index is 0.460.